The topological polar surface area (TPSA) is 93.7 Å². The Kier molecular flexibility index (Phi) is 6.90. The van der Waals surface area contributed by atoms with E-state index in [1.165, 1.54) is 0 Å². The second-order valence-electron chi connectivity index (χ2n) is 8.44. The van der Waals surface area contributed by atoms with Crippen LogP contribution in [0.25, 0.3) is 0 Å². The Morgan fingerprint density at radius 1 is 0.912 bits per heavy atom. The van der Waals surface area contributed by atoms with Crippen LogP contribution in [0.15, 0.2) is 65.6 Å². The molecule has 2 N–H and O–H groups in total. The number of fused-ring (bicyclic) bond motifs is 1. The third-order valence-electron chi connectivity index (χ3n) is 5.58. The van der Waals surface area contributed by atoms with Crippen LogP contribution in [0.5, 0.6) is 11.5 Å². The van der Waals surface area contributed by atoms with Crippen molar-refractivity contribution in [3.8, 4) is 11.5 Å². The molecule has 178 valence electrons. The molecule has 0 aromatic heterocycles. The summed E-state index contributed by atoms with van der Waals surface area (Å²) in [5.41, 5.74) is 3.58. The van der Waals surface area contributed by atoms with Crippen molar-refractivity contribution in [1.29, 1.82) is 0 Å². The zero-order chi connectivity index (χ0) is 24.3. The quantitative estimate of drug-likeness (QED) is 0.535. The lowest BCUT2D eigenvalue weighted by Gasteiger charge is -2.22. The summed E-state index contributed by atoms with van der Waals surface area (Å²) in [6.07, 6.45) is 0.195. The number of sulfonamides is 1. The Hall–Kier alpha value is -3.36. The van der Waals surface area contributed by atoms with Crippen LogP contribution in [0.3, 0.4) is 0 Å². The number of carbonyl (C=O) groups excluding carboxylic acids is 1. The fourth-order valence-electron chi connectivity index (χ4n) is 4.23. The first-order valence-corrected chi connectivity index (χ1v) is 12.6. The molecule has 0 saturated carbocycles. The maximum absolute atomic E-state index is 13.4. The third-order valence-corrected chi connectivity index (χ3v) is 7.36. The Balaban J connectivity index is 1.62. The van der Waals surface area contributed by atoms with Crippen LogP contribution in [-0.2, 0) is 21.2 Å². The largest absolute Gasteiger partial charge is 0.486 e. The highest BCUT2D eigenvalue weighted by atomic mass is 32.2. The lowest BCUT2D eigenvalue weighted by Crippen LogP contribution is -2.45. The van der Waals surface area contributed by atoms with Crippen LogP contribution in [-0.4, -0.2) is 33.6 Å². The normalized spacial score (nSPS) is 13.9. The maximum atomic E-state index is 13.4. The van der Waals surface area contributed by atoms with E-state index in [2.05, 4.69) is 10.0 Å². The third kappa shape index (κ3) is 5.40. The summed E-state index contributed by atoms with van der Waals surface area (Å²) in [6.45, 7) is 6.34. The number of nitrogens with one attached hydrogen (secondary N) is 2. The molecule has 34 heavy (non-hydrogen) atoms. The number of carbonyl (C=O) groups is 1. The van der Waals surface area contributed by atoms with Gasteiger partial charge in [0.25, 0.3) is 0 Å². The van der Waals surface area contributed by atoms with E-state index in [-0.39, 0.29) is 11.3 Å². The number of hydrogen-bond acceptors (Lipinski definition) is 5. The number of anilines is 1. The van der Waals surface area contributed by atoms with Gasteiger partial charge in [0.05, 0.1) is 4.90 Å². The summed E-state index contributed by atoms with van der Waals surface area (Å²) in [4.78, 5) is 13.5. The van der Waals surface area contributed by atoms with Gasteiger partial charge in [-0.3, -0.25) is 4.79 Å². The predicted octanol–water partition coefficient (Wildman–Crippen LogP) is 3.91. The summed E-state index contributed by atoms with van der Waals surface area (Å²) in [6, 6.07) is 17.0. The fraction of sp³-hybridized carbons (Fsp3) is 0.269. The number of rotatable bonds is 7. The molecule has 1 aliphatic rings. The first-order chi connectivity index (χ1) is 16.2. The molecule has 0 fully saturated rings. The minimum Gasteiger partial charge on any atom is -0.486 e. The summed E-state index contributed by atoms with van der Waals surface area (Å²) < 4.78 is 40.6. The van der Waals surface area contributed by atoms with Crippen molar-refractivity contribution in [3.63, 3.8) is 0 Å². The number of hydrogen-bond donors (Lipinski definition) is 2. The van der Waals surface area contributed by atoms with Crippen molar-refractivity contribution in [3.05, 3.63) is 82.9 Å². The van der Waals surface area contributed by atoms with Crippen molar-refractivity contribution in [2.24, 2.45) is 0 Å². The van der Waals surface area contributed by atoms with Gasteiger partial charge < -0.3 is 14.8 Å². The van der Waals surface area contributed by atoms with Gasteiger partial charge in [-0.05, 0) is 56.0 Å². The molecule has 3 aromatic carbocycles. The summed E-state index contributed by atoms with van der Waals surface area (Å²) in [5.74, 6) is 0.678. The SMILES string of the molecule is Cc1cc(C)c(S(=O)(=O)N[C@H](Cc2ccccc2)C(=O)Nc2ccc3c(c2)OCCO3)c(C)c1. The molecule has 1 amide bonds. The van der Waals surface area contributed by atoms with Gasteiger partial charge in [-0.1, -0.05) is 48.0 Å². The summed E-state index contributed by atoms with van der Waals surface area (Å²) in [5, 5.41) is 2.82. The molecule has 4 rings (SSSR count). The molecule has 3 aromatic rings. The lowest BCUT2D eigenvalue weighted by molar-refractivity contribution is -0.117. The van der Waals surface area contributed by atoms with E-state index in [9.17, 15) is 13.2 Å². The van der Waals surface area contributed by atoms with Gasteiger partial charge in [-0.25, -0.2) is 8.42 Å². The highest BCUT2D eigenvalue weighted by Gasteiger charge is 2.29. The van der Waals surface area contributed by atoms with Crippen LogP contribution >= 0.6 is 0 Å². The van der Waals surface area contributed by atoms with Crippen molar-refractivity contribution in [1.82, 2.24) is 4.72 Å². The van der Waals surface area contributed by atoms with Crippen LogP contribution in [0.2, 0.25) is 0 Å². The molecule has 0 radical (unpaired) electrons. The molecule has 0 aliphatic carbocycles. The van der Waals surface area contributed by atoms with Crippen LogP contribution < -0.4 is 19.5 Å². The second-order valence-corrected chi connectivity index (χ2v) is 10.1. The zero-order valence-electron chi connectivity index (χ0n) is 19.4. The summed E-state index contributed by atoms with van der Waals surface area (Å²) in [7, 11) is -3.96. The standard InChI is InChI=1S/C26H28N2O5S/c1-17-13-18(2)25(19(3)14-17)34(30,31)28-22(15-20-7-5-4-6-8-20)26(29)27-21-9-10-23-24(16-21)33-12-11-32-23/h4-10,13-14,16,22,28H,11-12,15H2,1-3H3,(H,27,29)/t22-/m1/s1. The first-order valence-electron chi connectivity index (χ1n) is 11.1. The first kappa shape index (κ1) is 23.8. The van der Waals surface area contributed by atoms with Gasteiger partial charge in [-0.15, -0.1) is 0 Å². The van der Waals surface area contributed by atoms with Crippen molar-refractivity contribution in [2.75, 3.05) is 18.5 Å². The average molecular weight is 481 g/mol. The molecule has 0 bridgehead atoms. The Morgan fingerprint density at radius 3 is 2.24 bits per heavy atom. The number of aryl methyl sites for hydroxylation is 3. The second kappa shape index (κ2) is 9.87. The Labute approximate surface area is 200 Å². The molecular weight excluding hydrogens is 452 g/mol. The van der Waals surface area contributed by atoms with E-state index in [1.807, 2.05) is 49.4 Å². The Morgan fingerprint density at radius 2 is 1.56 bits per heavy atom. The van der Waals surface area contributed by atoms with Gasteiger partial charge in [-0.2, -0.15) is 4.72 Å². The molecule has 0 unspecified atom stereocenters. The fourth-order valence-corrected chi connectivity index (χ4v) is 5.87. The lowest BCUT2D eigenvalue weighted by atomic mass is 10.1. The van der Waals surface area contributed by atoms with Crippen LogP contribution in [0.1, 0.15) is 22.3 Å². The van der Waals surface area contributed by atoms with Gasteiger partial charge in [0, 0.05) is 11.8 Å². The van der Waals surface area contributed by atoms with E-state index in [0.29, 0.717) is 41.5 Å². The van der Waals surface area contributed by atoms with E-state index in [1.54, 1.807) is 32.0 Å². The maximum Gasteiger partial charge on any atom is 0.242 e. The number of ether oxygens (including phenoxy) is 2. The van der Waals surface area contributed by atoms with Crippen molar-refractivity contribution >= 4 is 21.6 Å². The predicted molar refractivity (Wildman–Crippen MR) is 131 cm³/mol. The van der Waals surface area contributed by atoms with E-state index in [0.717, 1.165) is 11.1 Å². The molecule has 0 spiro atoms. The van der Waals surface area contributed by atoms with Crippen molar-refractivity contribution in [2.45, 2.75) is 38.1 Å². The average Bonchev–Trinajstić information content (AvgIpc) is 2.78. The Bertz CT molecular complexity index is 1280. The zero-order valence-corrected chi connectivity index (χ0v) is 20.2. The van der Waals surface area contributed by atoms with Gasteiger partial charge in [0.1, 0.15) is 19.3 Å². The van der Waals surface area contributed by atoms with Crippen LogP contribution in [0.4, 0.5) is 5.69 Å². The van der Waals surface area contributed by atoms with Crippen molar-refractivity contribution < 1.29 is 22.7 Å². The van der Waals surface area contributed by atoms with E-state index >= 15 is 0 Å². The summed E-state index contributed by atoms with van der Waals surface area (Å²) >= 11 is 0. The molecular formula is C26H28N2O5S. The molecule has 8 heteroatoms. The highest BCUT2D eigenvalue weighted by molar-refractivity contribution is 7.89. The highest BCUT2D eigenvalue weighted by Crippen LogP contribution is 2.32. The van der Waals surface area contributed by atoms with Gasteiger partial charge in [0.15, 0.2) is 11.5 Å². The minimum atomic E-state index is -3.96. The van der Waals surface area contributed by atoms with Gasteiger partial charge >= 0.3 is 0 Å². The molecule has 1 atom stereocenters. The smallest absolute Gasteiger partial charge is 0.242 e. The minimum absolute atomic E-state index is 0.195. The molecule has 7 nitrogen and oxygen atoms in total. The molecule has 0 saturated heterocycles. The molecule has 1 heterocycles. The number of amides is 1. The van der Waals surface area contributed by atoms with E-state index < -0.39 is 22.0 Å². The number of benzene rings is 3. The van der Waals surface area contributed by atoms with Crippen LogP contribution in [0, 0.1) is 20.8 Å². The monoisotopic (exact) mass is 480 g/mol. The van der Waals surface area contributed by atoms with Gasteiger partial charge in [0.2, 0.25) is 15.9 Å². The molecule has 1 aliphatic heterocycles. The van der Waals surface area contributed by atoms with E-state index in [4.69, 9.17) is 9.47 Å².